The van der Waals surface area contributed by atoms with Crippen molar-refractivity contribution in [2.75, 3.05) is 4.90 Å². The van der Waals surface area contributed by atoms with Gasteiger partial charge in [-0.2, -0.15) is 0 Å². The van der Waals surface area contributed by atoms with Crippen molar-refractivity contribution in [2.24, 2.45) is 0 Å². The molecule has 4 aliphatic rings. The van der Waals surface area contributed by atoms with Gasteiger partial charge >= 0.3 is 0 Å². The highest BCUT2D eigenvalue weighted by Crippen LogP contribution is 2.64. The van der Waals surface area contributed by atoms with Gasteiger partial charge in [0.15, 0.2) is 0 Å². The highest BCUT2D eigenvalue weighted by Gasteiger charge is 2.52. The minimum absolute atomic E-state index is 0.0656. The van der Waals surface area contributed by atoms with Crippen LogP contribution in [0.1, 0.15) is 106 Å². The number of benzene rings is 12. The molecule has 0 amide bonds. The standard InChI is InChI=1S/C84H63N/c1-7-53-25-29-55(30-26-53)57-33-35-59(36-34-57)81(60-39-45-69-65-17-9-13-21-73(65)82(3,4)77(69)49-60)61-40-46-71-67-19-11-15-23-75(67)84(79(71)50-61)76-24-16-12-20-68(76)72-48-44-64(52-80(72)84)85(62-41-37-58(38-42-62)56-31-27-54(8-2)28-32-56)63-43-47-70-66-18-10-14-22-74(66)83(5,6)78(70)51-63/h7-52,81H,1-2H2,3-6H3. The molecule has 0 bridgehead atoms. The summed E-state index contributed by atoms with van der Waals surface area (Å²) in [5.74, 6) is -0.0656. The van der Waals surface area contributed by atoms with Gasteiger partial charge < -0.3 is 4.90 Å². The van der Waals surface area contributed by atoms with Gasteiger partial charge in [0.1, 0.15) is 0 Å². The third-order valence-electron chi connectivity index (χ3n) is 19.8. The summed E-state index contributed by atoms with van der Waals surface area (Å²) in [4.78, 5) is 2.50. The number of hydrogen-bond acceptors (Lipinski definition) is 1. The van der Waals surface area contributed by atoms with E-state index in [1.165, 1.54) is 128 Å². The van der Waals surface area contributed by atoms with Crippen LogP contribution in [-0.2, 0) is 16.2 Å². The van der Waals surface area contributed by atoms with E-state index < -0.39 is 5.41 Å². The summed E-state index contributed by atoms with van der Waals surface area (Å²) >= 11 is 0. The molecule has 16 rings (SSSR count). The highest BCUT2D eigenvalue weighted by atomic mass is 15.1. The summed E-state index contributed by atoms with van der Waals surface area (Å²) in [6, 6.07) is 102. The molecular weight excluding hydrogens is 1020 g/mol. The maximum absolute atomic E-state index is 4.01. The van der Waals surface area contributed by atoms with Gasteiger partial charge in [0.2, 0.25) is 0 Å². The Balaban J connectivity index is 0.896. The molecule has 4 aliphatic carbocycles. The highest BCUT2D eigenvalue weighted by molar-refractivity contribution is 5.97. The van der Waals surface area contributed by atoms with Gasteiger partial charge in [-0.3, -0.25) is 0 Å². The fourth-order valence-electron chi connectivity index (χ4n) is 15.5. The molecule has 0 N–H and O–H groups in total. The lowest BCUT2D eigenvalue weighted by molar-refractivity contribution is 0.659. The van der Waals surface area contributed by atoms with Crippen LogP contribution in [0.5, 0.6) is 0 Å². The predicted octanol–water partition coefficient (Wildman–Crippen LogP) is 21.9. The van der Waals surface area contributed by atoms with Crippen LogP contribution in [0.15, 0.2) is 280 Å². The minimum atomic E-state index is -0.619. The number of rotatable bonds is 10. The van der Waals surface area contributed by atoms with Crippen molar-refractivity contribution in [3.63, 3.8) is 0 Å². The second-order valence-corrected chi connectivity index (χ2v) is 24.8. The van der Waals surface area contributed by atoms with Crippen LogP contribution in [-0.4, -0.2) is 0 Å². The fraction of sp³-hybridized carbons (Fsp3) is 0.0952. The van der Waals surface area contributed by atoms with Crippen LogP contribution < -0.4 is 4.90 Å². The summed E-state index contributed by atoms with van der Waals surface area (Å²) in [5, 5.41) is 0. The molecule has 2 unspecified atom stereocenters. The Morgan fingerprint density at radius 2 is 0.588 bits per heavy atom. The predicted molar refractivity (Wildman–Crippen MR) is 357 cm³/mol. The average Bonchev–Trinajstić information content (AvgIpc) is 1.54. The molecule has 0 saturated carbocycles. The second kappa shape index (κ2) is 19.0. The summed E-state index contributed by atoms with van der Waals surface area (Å²) in [7, 11) is 0. The number of fused-ring (bicyclic) bond motifs is 16. The Kier molecular flexibility index (Phi) is 11.3. The molecule has 12 aromatic carbocycles. The van der Waals surface area contributed by atoms with E-state index in [9.17, 15) is 0 Å². The zero-order valence-electron chi connectivity index (χ0n) is 48.5. The van der Waals surface area contributed by atoms with E-state index >= 15 is 0 Å². The first-order chi connectivity index (χ1) is 41.5. The summed E-state index contributed by atoms with van der Waals surface area (Å²) < 4.78 is 0. The molecule has 0 heterocycles. The zero-order chi connectivity index (χ0) is 57.3. The SMILES string of the molecule is C=Cc1ccc(-c2ccc(C(c3ccc4c(c3)C(C)(C)c3ccccc3-4)c3ccc4c(c3)C3(c5ccccc5-4)c4ccccc4-c4ccc(N(c5ccc(-c6ccc(C=C)cc6)cc5)c5ccc6c(c5)C(C)(C)c5ccccc5-6)cc43)cc2)cc1. The van der Waals surface area contributed by atoms with Crippen molar-refractivity contribution < 1.29 is 0 Å². The van der Waals surface area contributed by atoms with Gasteiger partial charge in [-0.05, 0) is 175 Å². The molecule has 0 radical (unpaired) electrons. The first-order valence-electron chi connectivity index (χ1n) is 30.0. The van der Waals surface area contributed by atoms with Crippen molar-refractivity contribution in [1.29, 1.82) is 0 Å². The van der Waals surface area contributed by atoms with Crippen LogP contribution in [0.4, 0.5) is 17.1 Å². The Hall–Kier alpha value is -10.1. The maximum Gasteiger partial charge on any atom is 0.0726 e. The van der Waals surface area contributed by atoms with Crippen LogP contribution >= 0.6 is 0 Å². The summed E-state index contributed by atoms with van der Waals surface area (Å²) in [6.45, 7) is 17.6. The number of nitrogens with zero attached hydrogens (tertiary/aromatic N) is 1. The molecule has 1 spiro atoms. The van der Waals surface area contributed by atoms with Crippen molar-refractivity contribution in [3.8, 4) is 66.8 Å². The van der Waals surface area contributed by atoms with E-state index in [4.69, 9.17) is 0 Å². The third-order valence-corrected chi connectivity index (χ3v) is 19.8. The van der Waals surface area contributed by atoms with E-state index in [-0.39, 0.29) is 16.7 Å². The van der Waals surface area contributed by atoms with Crippen molar-refractivity contribution >= 4 is 29.2 Å². The summed E-state index contributed by atoms with van der Waals surface area (Å²) in [5.41, 5.74) is 34.3. The molecule has 2 atom stereocenters. The third kappa shape index (κ3) is 7.49. The quantitative estimate of drug-likeness (QED) is 0.123. The largest absolute Gasteiger partial charge is 0.310 e. The van der Waals surface area contributed by atoms with Crippen LogP contribution in [0.25, 0.3) is 78.9 Å². The van der Waals surface area contributed by atoms with Crippen molar-refractivity contribution in [3.05, 3.63) is 352 Å². The van der Waals surface area contributed by atoms with E-state index in [1.54, 1.807) is 0 Å². The normalized spacial score (nSPS) is 15.8. The molecule has 1 nitrogen and oxygen atoms in total. The van der Waals surface area contributed by atoms with Gasteiger partial charge in [0.25, 0.3) is 0 Å². The molecule has 12 aromatic rings. The first-order valence-corrected chi connectivity index (χ1v) is 30.0. The molecule has 404 valence electrons. The Bertz CT molecular complexity index is 4420. The van der Waals surface area contributed by atoms with Crippen LogP contribution in [0.2, 0.25) is 0 Å². The lowest BCUT2D eigenvalue weighted by Crippen LogP contribution is -2.26. The second-order valence-electron chi connectivity index (χ2n) is 24.8. The fourth-order valence-corrected chi connectivity index (χ4v) is 15.5. The molecule has 0 saturated heterocycles. The molecule has 0 aliphatic heterocycles. The minimum Gasteiger partial charge on any atom is -0.310 e. The Morgan fingerprint density at radius 1 is 0.282 bits per heavy atom. The topological polar surface area (TPSA) is 3.24 Å². The van der Waals surface area contributed by atoms with E-state index in [0.29, 0.717) is 0 Å². The molecule has 85 heavy (non-hydrogen) atoms. The van der Waals surface area contributed by atoms with Gasteiger partial charge in [0, 0.05) is 33.8 Å². The Labute approximate surface area is 500 Å². The smallest absolute Gasteiger partial charge is 0.0726 e. The Morgan fingerprint density at radius 3 is 1.05 bits per heavy atom. The molecular formula is C84H63N. The molecule has 1 heteroatoms. The molecule has 0 fully saturated rings. The average molecular weight is 1090 g/mol. The zero-order valence-corrected chi connectivity index (χ0v) is 48.5. The molecule has 0 aromatic heterocycles. The monoisotopic (exact) mass is 1090 g/mol. The lowest BCUT2D eigenvalue weighted by Gasteiger charge is -2.33. The van der Waals surface area contributed by atoms with Gasteiger partial charge in [-0.25, -0.2) is 0 Å². The van der Waals surface area contributed by atoms with Gasteiger partial charge in [0.05, 0.1) is 5.41 Å². The first kappa shape index (κ1) is 50.6. The van der Waals surface area contributed by atoms with E-state index in [0.717, 1.165) is 28.2 Å². The maximum atomic E-state index is 4.01. The number of anilines is 3. The van der Waals surface area contributed by atoms with Gasteiger partial charge in [-0.15, -0.1) is 0 Å². The number of hydrogen-bond donors (Lipinski definition) is 0. The summed E-state index contributed by atoms with van der Waals surface area (Å²) in [6.07, 6.45) is 3.81. The van der Waals surface area contributed by atoms with Crippen LogP contribution in [0.3, 0.4) is 0 Å². The van der Waals surface area contributed by atoms with Crippen molar-refractivity contribution in [2.45, 2.75) is 49.9 Å². The van der Waals surface area contributed by atoms with Crippen molar-refractivity contribution in [1.82, 2.24) is 0 Å². The van der Waals surface area contributed by atoms with Gasteiger partial charge in [-0.1, -0.05) is 284 Å². The van der Waals surface area contributed by atoms with Crippen LogP contribution in [0, 0.1) is 0 Å². The lowest BCUT2D eigenvalue weighted by atomic mass is 9.69. The van der Waals surface area contributed by atoms with E-state index in [2.05, 4.69) is 313 Å². The van der Waals surface area contributed by atoms with E-state index in [1.807, 2.05) is 12.2 Å².